The first kappa shape index (κ1) is 23.2. The minimum absolute atomic E-state index is 0.151. The van der Waals surface area contributed by atoms with E-state index in [0.717, 1.165) is 19.5 Å². The van der Waals surface area contributed by atoms with Crippen molar-refractivity contribution in [1.29, 1.82) is 0 Å². The maximum absolute atomic E-state index is 13.1. The van der Waals surface area contributed by atoms with Gasteiger partial charge in [0, 0.05) is 37.8 Å². The molecule has 0 aromatic heterocycles. The first-order valence-electron chi connectivity index (χ1n) is 11.1. The van der Waals surface area contributed by atoms with E-state index in [-0.39, 0.29) is 23.0 Å². The summed E-state index contributed by atoms with van der Waals surface area (Å²) in [5, 5.41) is 2.93. The molecule has 8 heteroatoms. The number of benzene rings is 1. The van der Waals surface area contributed by atoms with Crippen LogP contribution in [0, 0.1) is 0 Å². The Labute approximate surface area is 180 Å². The molecule has 0 spiro atoms. The summed E-state index contributed by atoms with van der Waals surface area (Å²) in [6.07, 6.45) is 4.37. The van der Waals surface area contributed by atoms with Gasteiger partial charge >= 0.3 is 0 Å². The molecule has 168 valence electrons. The first-order valence-corrected chi connectivity index (χ1v) is 12.5. The molecule has 0 aliphatic carbocycles. The number of piperidine rings is 1. The highest BCUT2D eigenvalue weighted by molar-refractivity contribution is 7.89. The maximum Gasteiger partial charge on any atom is 0.251 e. The van der Waals surface area contributed by atoms with Crippen molar-refractivity contribution in [3.05, 3.63) is 29.8 Å². The zero-order valence-corrected chi connectivity index (χ0v) is 19.2. The van der Waals surface area contributed by atoms with Crippen LogP contribution in [0.4, 0.5) is 0 Å². The molecule has 7 nitrogen and oxygen atoms in total. The summed E-state index contributed by atoms with van der Waals surface area (Å²) in [6.45, 7) is 9.32. The topological polar surface area (TPSA) is 79.0 Å². The molecule has 0 unspecified atom stereocenters. The minimum Gasteiger partial charge on any atom is -0.373 e. The molecule has 1 amide bonds. The molecule has 2 fully saturated rings. The fourth-order valence-electron chi connectivity index (χ4n) is 4.35. The summed E-state index contributed by atoms with van der Waals surface area (Å²) in [5.41, 5.74) is 0.372. The molecule has 3 atom stereocenters. The zero-order valence-electron chi connectivity index (χ0n) is 18.3. The van der Waals surface area contributed by atoms with Gasteiger partial charge in [-0.05, 0) is 64.8 Å². The van der Waals surface area contributed by atoms with Crippen molar-refractivity contribution >= 4 is 15.9 Å². The molecular weight excluding hydrogens is 402 g/mol. The van der Waals surface area contributed by atoms with E-state index in [1.54, 1.807) is 18.2 Å². The number of amides is 1. The molecule has 1 aromatic rings. The largest absolute Gasteiger partial charge is 0.373 e. The fraction of sp³-hybridized carbons (Fsp3) is 0.682. The van der Waals surface area contributed by atoms with Gasteiger partial charge in [-0.3, -0.25) is 4.79 Å². The van der Waals surface area contributed by atoms with Gasteiger partial charge in [-0.15, -0.1) is 0 Å². The highest BCUT2D eigenvalue weighted by atomic mass is 32.2. The van der Waals surface area contributed by atoms with E-state index in [1.807, 2.05) is 13.8 Å². The third-order valence-electron chi connectivity index (χ3n) is 5.97. The van der Waals surface area contributed by atoms with Crippen LogP contribution in [0.15, 0.2) is 29.2 Å². The zero-order chi connectivity index (χ0) is 21.7. The SMILES string of the molecule is C[C@@H]1CN(S(=O)(=O)c2cccc(C(=O)NCCCN3CCCC[C@H]3C)c2)C[C@H](C)O1. The van der Waals surface area contributed by atoms with Crippen molar-refractivity contribution < 1.29 is 17.9 Å². The Morgan fingerprint density at radius 2 is 1.90 bits per heavy atom. The monoisotopic (exact) mass is 437 g/mol. The van der Waals surface area contributed by atoms with Crippen LogP contribution in [-0.4, -0.2) is 74.5 Å². The van der Waals surface area contributed by atoms with E-state index >= 15 is 0 Å². The molecule has 2 heterocycles. The Hall–Kier alpha value is -1.48. The van der Waals surface area contributed by atoms with Crippen LogP contribution in [0.5, 0.6) is 0 Å². The van der Waals surface area contributed by atoms with E-state index in [1.165, 1.54) is 29.6 Å². The van der Waals surface area contributed by atoms with Crippen LogP contribution in [0.1, 0.15) is 56.8 Å². The number of nitrogens with zero attached hydrogens (tertiary/aromatic N) is 2. The number of rotatable bonds is 7. The number of hydrogen-bond donors (Lipinski definition) is 1. The molecule has 2 aliphatic rings. The summed E-state index contributed by atoms with van der Waals surface area (Å²) in [7, 11) is -3.66. The van der Waals surface area contributed by atoms with E-state index in [4.69, 9.17) is 4.74 Å². The smallest absolute Gasteiger partial charge is 0.251 e. The predicted molar refractivity (Wildman–Crippen MR) is 117 cm³/mol. The van der Waals surface area contributed by atoms with Crippen molar-refractivity contribution in [2.75, 3.05) is 32.7 Å². The Kier molecular flexibility index (Phi) is 7.90. The summed E-state index contributed by atoms with van der Waals surface area (Å²) in [6, 6.07) is 6.93. The molecule has 1 N–H and O–H groups in total. The third kappa shape index (κ3) is 5.81. The number of likely N-dealkylation sites (tertiary alicyclic amines) is 1. The predicted octanol–water partition coefficient (Wildman–Crippen LogP) is 2.48. The summed E-state index contributed by atoms with van der Waals surface area (Å²) in [5.74, 6) is -0.234. The van der Waals surface area contributed by atoms with Crippen molar-refractivity contribution in [3.63, 3.8) is 0 Å². The average Bonchev–Trinajstić information content (AvgIpc) is 2.71. The molecule has 3 rings (SSSR count). The normalized spacial score (nSPS) is 26.4. The minimum atomic E-state index is -3.66. The van der Waals surface area contributed by atoms with Gasteiger partial charge in [-0.1, -0.05) is 12.5 Å². The Bertz CT molecular complexity index is 819. The van der Waals surface area contributed by atoms with Crippen LogP contribution < -0.4 is 5.32 Å². The molecule has 2 aliphatic heterocycles. The van der Waals surface area contributed by atoms with Gasteiger partial charge in [0.15, 0.2) is 0 Å². The highest BCUT2D eigenvalue weighted by Gasteiger charge is 2.32. The third-order valence-corrected chi connectivity index (χ3v) is 7.80. The van der Waals surface area contributed by atoms with Crippen LogP contribution in [0.25, 0.3) is 0 Å². The highest BCUT2D eigenvalue weighted by Crippen LogP contribution is 2.22. The number of hydrogen-bond acceptors (Lipinski definition) is 5. The fourth-order valence-corrected chi connectivity index (χ4v) is 5.99. The number of carbonyl (C=O) groups is 1. The molecule has 0 radical (unpaired) electrons. The average molecular weight is 438 g/mol. The number of nitrogens with one attached hydrogen (secondary N) is 1. The van der Waals surface area contributed by atoms with E-state index in [2.05, 4.69) is 17.1 Å². The second kappa shape index (κ2) is 10.2. The summed E-state index contributed by atoms with van der Waals surface area (Å²) < 4.78 is 33.2. The number of sulfonamides is 1. The van der Waals surface area contributed by atoms with E-state index in [9.17, 15) is 13.2 Å². The lowest BCUT2D eigenvalue weighted by molar-refractivity contribution is -0.0440. The molecule has 2 saturated heterocycles. The van der Waals surface area contributed by atoms with Crippen molar-refractivity contribution in [2.45, 2.75) is 69.6 Å². The number of carbonyl (C=O) groups excluding carboxylic acids is 1. The number of morpholine rings is 1. The van der Waals surface area contributed by atoms with Gasteiger partial charge in [0.2, 0.25) is 10.0 Å². The second-order valence-electron chi connectivity index (χ2n) is 8.60. The van der Waals surface area contributed by atoms with Crippen LogP contribution in [-0.2, 0) is 14.8 Å². The Morgan fingerprint density at radius 1 is 1.17 bits per heavy atom. The van der Waals surface area contributed by atoms with Gasteiger partial charge in [-0.25, -0.2) is 8.42 Å². The van der Waals surface area contributed by atoms with Gasteiger partial charge in [-0.2, -0.15) is 4.31 Å². The van der Waals surface area contributed by atoms with Crippen molar-refractivity contribution in [1.82, 2.24) is 14.5 Å². The Morgan fingerprint density at radius 3 is 2.60 bits per heavy atom. The molecular formula is C22H35N3O4S. The van der Waals surface area contributed by atoms with Crippen LogP contribution >= 0.6 is 0 Å². The van der Waals surface area contributed by atoms with Crippen LogP contribution in [0.2, 0.25) is 0 Å². The molecule has 0 bridgehead atoms. The van der Waals surface area contributed by atoms with E-state index in [0.29, 0.717) is 31.2 Å². The van der Waals surface area contributed by atoms with Gasteiger partial charge in [0.1, 0.15) is 0 Å². The summed E-state index contributed by atoms with van der Waals surface area (Å²) >= 11 is 0. The summed E-state index contributed by atoms with van der Waals surface area (Å²) in [4.78, 5) is 15.2. The Balaban J connectivity index is 1.57. The van der Waals surface area contributed by atoms with Crippen molar-refractivity contribution in [2.24, 2.45) is 0 Å². The van der Waals surface area contributed by atoms with Gasteiger partial charge in [0.25, 0.3) is 5.91 Å². The van der Waals surface area contributed by atoms with Gasteiger partial charge in [0.05, 0.1) is 17.1 Å². The standard InChI is InChI=1S/C22H35N3O4S/c1-17-8-4-5-12-24(17)13-7-11-23-22(26)20-9-6-10-21(14-20)30(27,28)25-15-18(2)29-19(3)16-25/h6,9-10,14,17-19H,4-5,7-8,11-13,15-16H2,1-3H3,(H,23,26)/t17-,18-,19+/m1/s1. The van der Waals surface area contributed by atoms with Gasteiger partial charge < -0.3 is 15.0 Å². The molecule has 30 heavy (non-hydrogen) atoms. The molecule has 1 aromatic carbocycles. The van der Waals surface area contributed by atoms with Crippen molar-refractivity contribution in [3.8, 4) is 0 Å². The lowest BCUT2D eigenvalue weighted by Gasteiger charge is -2.34. The number of ether oxygens (including phenoxy) is 1. The first-order chi connectivity index (χ1) is 14.3. The molecule has 0 saturated carbocycles. The second-order valence-corrected chi connectivity index (χ2v) is 10.5. The maximum atomic E-state index is 13.1. The van der Waals surface area contributed by atoms with E-state index < -0.39 is 10.0 Å². The quantitative estimate of drug-likeness (QED) is 0.663. The van der Waals surface area contributed by atoms with Crippen LogP contribution in [0.3, 0.4) is 0 Å². The lowest BCUT2D eigenvalue weighted by atomic mass is 10.0. The lowest BCUT2D eigenvalue weighted by Crippen LogP contribution is -2.48.